The molecule has 0 aromatic carbocycles. The Morgan fingerprint density at radius 3 is 3.00 bits per heavy atom. The van der Waals surface area contributed by atoms with Gasteiger partial charge in [0, 0.05) is 27.2 Å². The van der Waals surface area contributed by atoms with Crippen LogP contribution in [0, 0.1) is 0 Å². The Labute approximate surface area is 88.6 Å². The van der Waals surface area contributed by atoms with Gasteiger partial charge < -0.3 is 19.5 Å². The summed E-state index contributed by atoms with van der Waals surface area (Å²) in [6.45, 7) is 2.52. The highest BCUT2D eigenvalue weighted by molar-refractivity contribution is 5.23. The molecule has 0 amide bonds. The van der Waals surface area contributed by atoms with Gasteiger partial charge in [-0.3, -0.25) is 0 Å². The van der Waals surface area contributed by atoms with Gasteiger partial charge in [0.1, 0.15) is 0 Å². The molecule has 1 atom stereocenters. The molecule has 0 spiro atoms. The molecule has 84 valence electrons. The maximum Gasteiger partial charge on any atom is 0.265 e. The molecule has 0 aliphatic carbocycles. The third-order valence-electron chi connectivity index (χ3n) is 2.26. The molecular formula is C9H16N4O2. The van der Waals surface area contributed by atoms with Crippen molar-refractivity contribution >= 4 is 5.95 Å². The number of aromatic nitrogens is 2. The minimum Gasteiger partial charge on any atom is -0.375 e. The highest BCUT2D eigenvalue weighted by Gasteiger charge is 2.18. The van der Waals surface area contributed by atoms with Crippen molar-refractivity contribution in [3.05, 3.63) is 5.89 Å². The zero-order valence-electron chi connectivity index (χ0n) is 9.06. The largest absolute Gasteiger partial charge is 0.375 e. The van der Waals surface area contributed by atoms with E-state index in [1.807, 2.05) is 19.0 Å². The first-order valence-corrected chi connectivity index (χ1v) is 5.08. The van der Waals surface area contributed by atoms with Crippen molar-refractivity contribution < 1.29 is 9.26 Å². The number of rotatable bonds is 3. The molecular weight excluding hydrogens is 196 g/mol. The molecule has 6 heteroatoms. The van der Waals surface area contributed by atoms with E-state index in [9.17, 15) is 0 Å². The second-order valence-electron chi connectivity index (χ2n) is 3.78. The van der Waals surface area contributed by atoms with E-state index in [1.165, 1.54) is 0 Å². The van der Waals surface area contributed by atoms with Gasteiger partial charge in [-0.15, -0.1) is 0 Å². The molecule has 0 bridgehead atoms. The summed E-state index contributed by atoms with van der Waals surface area (Å²) in [6, 6.07) is 0. The second kappa shape index (κ2) is 4.59. The summed E-state index contributed by atoms with van der Waals surface area (Å²) in [5.74, 6) is 1.24. The van der Waals surface area contributed by atoms with Gasteiger partial charge in [-0.1, -0.05) is 0 Å². The van der Waals surface area contributed by atoms with Crippen LogP contribution in [0.3, 0.4) is 0 Å². The van der Waals surface area contributed by atoms with E-state index in [4.69, 9.17) is 9.26 Å². The summed E-state index contributed by atoms with van der Waals surface area (Å²) in [4.78, 5) is 6.06. The summed E-state index contributed by atoms with van der Waals surface area (Å²) < 4.78 is 10.7. The zero-order valence-corrected chi connectivity index (χ0v) is 9.06. The van der Waals surface area contributed by atoms with E-state index in [-0.39, 0.29) is 6.10 Å². The highest BCUT2D eigenvalue weighted by Crippen LogP contribution is 2.09. The Bertz CT molecular complexity index is 307. The van der Waals surface area contributed by atoms with E-state index >= 15 is 0 Å². The van der Waals surface area contributed by atoms with Crippen LogP contribution in [0.25, 0.3) is 0 Å². The molecule has 0 saturated carbocycles. The van der Waals surface area contributed by atoms with E-state index in [0.717, 1.165) is 19.7 Å². The van der Waals surface area contributed by atoms with Gasteiger partial charge in [-0.2, -0.15) is 4.98 Å². The number of hydrogen-bond acceptors (Lipinski definition) is 6. The van der Waals surface area contributed by atoms with Gasteiger partial charge in [0.15, 0.2) is 0 Å². The predicted molar refractivity (Wildman–Crippen MR) is 54.9 cm³/mol. The summed E-state index contributed by atoms with van der Waals surface area (Å²) in [5.41, 5.74) is 0. The Balaban J connectivity index is 1.91. The average molecular weight is 212 g/mol. The lowest BCUT2D eigenvalue weighted by Gasteiger charge is -2.21. The first-order valence-electron chi connectivity index (χ1n) is 5.08. The maximum absolute atomic E-state index is 5.55. The summed E-state index contributed by atoms with van der Waals surface area (Å²) in [5, 5.41) is 7.10. The third kappa shape index (κ3) is 2.66. The van der Waals surface area contributed by atoms with Gasteiger partial charge in [0.2, 0.25) is 5.89 Å². The normalized spacial score (nSPS) is 21.6. The first kappa shape index (κ1) is 10.4. The molecule has 1 fully saturated rings. The van der Waals surface area contributed by atoms with Crippen LogP contribution >= 0.6 is 0 Å². The fourth-order valence-corrected chi connectivity index (χ4v) is 1.46. The van der Waals surface area contributed by atoms with Crippen LogP contribution in [-0.4, -0.2) is 50.0 Å². The summed E-state index contributed by atoms with van der Waals surface area (Å²) in [7, 11) is 3.76. The third-order valence-corrected chi connectivity index (χ3v) is 2.26. The molecule has 1 aliphatic rings. The summed E-state index contributed by atoms with van der Waals surface area (Å²) >= 11 is 0. The fraction of sp³-hybridized carbons (Fsp3) is 0.778. The van der Waals surface area contributed by atoms with Gasteiger partial charge in [0.25, 0.3) is 5.95 Å². The van der Waals surface area contributed by atoms with Crippen molar-refractivity contribution in [3.63, 3.8) is 0 Å². The SMILES string of the molecule is CN(C)c1noc(CC2CNCCO2)n1. The lowest BCUT2D eigenvalue weighted by Crippen LogP contribution is -2.39. The zero-order chi connectivity index (χ0) is 10.7. The average Bonchev–Trinajstić information content (AvgIpc) is 2.68. The van der Waals surface area contributed by atoms with Crippen molar-refractivity contribution in [3.8, 4) is 0 Å². The minimum absolute atomic E-state index is 0.147. The Hall–Kier alpha value is -1.14. The molecule has 2 rings (SSSR count). The van der Waals surface area contributed by atoms with Crippen LogP contribution in [-0.2, 0) is 11.2 Å². The van der Waals surface area contributed by atoms with E-state index in [0.29, 0.717) is 18.3 Å². The number of nitrogens with one attached hydrogen (secondary N) is 1. The number of morpholine rings is 1. The van der Waals surface area contributed by atoms with Crippen molar-refractivity contribution in [2.24, 2.45) is 0 Å². The van der Waals surface area contributed by atoms with Gasteiger partial charge in [-0.25, -0.2) is 0 Å². The van der Waals surface area contributed by atoms with Crippen molar-refractivity contribution in [1.82, 2.24) is 15.5 Å². The van der Waals surface area contributed by atoms with Gasteiger partial charge in [0.05, 0.1) is 19.1 Å². The molecule has 15 heavy (non-hydrogen) atoms. The van der Waals surface area contributed by atoms with Crippen LogP contribution in [0.4, 0.5) is 5.95 Å². The van der Waals surface area contributed by atoms with Crippen molar-refractivity contribution in [1.29, 1.82) is 0 Å². The lowest BCUT2D eigenvalue weighted by atomic mass is 10.2. The minimum atomic E-state index is 0.147. The van der Waals surface area contributed by atoms with Crippen LogP contribution in [0.2, 0.25) is 0 Å². The lowest BCUT2D eigenvalue weighted by molar-refractivity contribution is 0.0246. The van der Waals surface area contributed by atoms with Crippen molar-refractivity contribution in [2.45, 2.75) is 12.5 Å². The summed E-state index contributed by atoms with van der Waals surface area (Å²) in [6.07, 6.45) is 0.822. The molecule has 1 saturated heterocycles. The monoisotopic (exact) mass is 212 g/mol. The molecule has 6 nitrogen and oxygen atoms in total. The molecule has 1 N–H and O–H groups in total. The number of nitrogens with zero attached hydrogens (tertiary/aromatic N) is 3. The quantitative estimate of drug-likeness (QED) is 0.740. The van der Waals surface area contributed by atoms with Crippen LogP contribution < -0.4 is 10.2 Å². The molecule has 1 aromatic heterocycles. The van der Waals surface area contributed by atoms with Gasteiger partial charge in [-0.05, 0) is 5.16 Å². The Kier molecular flexibility index (Phi) is 3.17. The van der Waals surface area contributed by atoms with E-state index in [1.54, 1.807) is 0 Å². The molecule has 0 radical (unpaired) electrons. The first-order chi connectivity index (χ1) is 7.25. The van der Waals surface area contributed by atoms with Crippen LogP contribution in [0.5, 0.6) is 0 Å². The molecule has 1 unspecified atom stereocenters. The highest BCUT2D eigenvalue weighted by atomic mass is 16.5. The van der Waals surface area contributed by atoms with Crippen molar-refractivity contribution in [2.75, 3.05) is 38.7 Å². The number of hydrogen-bond donors (Lipinski definition) is 1. The van der Waals surface area contributed by atoms with Crippen LogP contribution in [0.15, 0.2) is 4.52 Å². The molecule has 2 heterocycles. The maximum atomic E-state index is 5.55. The fourth-order valence-electron chi connectivity index (χ4n) is 1.46. The molecule has 1 aromatic rings. The Morgan fingerprint density at radius 1 is 1.53 bits per heavy atom. The predicted octanol–water partition coefficient (Wildman–Crippen LogP) is -0.333. The second-order valence-corrected chi connectivity index (χ2v) is 3.78. The molecule has 1 aliphatic heterocycles. The standard InChI is InChI=1S/C9H16N4O2/c1-13(2)9-11-8(15-12-9)5-7-6-10-3-4-14-7/h7,10H,3-6H2,1-2H3. The van der Waals surface area contributed by atoms with Gasteiger partial charge >= 0.3 is 0 Å². The Morgan fingerprint density at radius 2 is 2.40 bits per heavy atom. The smallest absolute Gasteiger partial charge is 0.265 e. The van der Waals surface area contributed by atoms with E-state index < -0.39 is 0 Å². The number of ether oxygens (including phenoxy) is 1. The van der Waals surface area contributed by atoms with E-state index in [2.05, 4.69) is 15.5 Å². The van der Waals surface area contributed by atoms with Crippen LogP contribution in [0.1, 0.15) is 5.89 Å². The topological polar surface area (TPSA) is 63.4 Å². The number of anilines is 1.